The van der Waals surface area contributed by atoms with Crippen molar-refractivity contribution >= 4 is 28.6 Å². The smallest absolute Gasteiger partial charge is 0.344 e. The van der Waals surface area contributed by atoms with Crippen LogP contribution in [0.15, 0.2) is 39.3 Å². The van der Waals surface area contributed by atoms with E-state index in [0.29, 0.717) is 29.2 Å². The lowest BCUT2D eigenvalue weighted by atomic mass is 9.73. The molecular formula is C30H37N7O5. The highest BCUT2D eigenvalue weighted by atomic mass is 16.6. The summed E-state index contributed by atoms with van der Waals surface area (Å²) in [5, 5.41) is 15.7. The Bertz CT molecular complexity index is 1470. The molecule has 2 aliphatic carbocycles. The summed E-state index contributed by atoms with van der Waals surface area (Å²) in [6.07, 6.45) is 14.4. The van der Waals surface area contributed by atoms with Crippen LogP contribution in [0.4, 0.5) is 0 Å². The molecule has 0 radical (unpaired) electrons. The van der Waals surface area contributed by atoms with Crippen LogP contribution < -0.4 is 5.56 Å². The van der Waals surface area contributed by atoms with E-state index in [1.807, 2.05) is 12.1 Å². The van der Waals surface area contributed by atoms with Gasteiger partial charge in [0.1, 0.15) is 0 Å². The molecule has 1 amide bonds. The molecule has 12 nitrogen and oxygen atoms in total. The van der Waals surface area contributed by atoms with Gasteiger partial charge in [0.2, 0.25) is 6.61 Å². The van der Waals surface area contributed by atoms with Crippen molar-refractivity contribution in [2.75, 3.05) is 6.61 Å². The second kappa shape index (κ2) is 12.2. The van der Waals surface area contributed by atoms with Gasteiger partial charge in [0, 0.05) is 29.1 Å². The first-order valence-corrected chi connectivity index (χ1v) is 15.2. The maximum absolute atomic E-state index is 14.2. The minimum absolute atomic E-state index is 0.114. The number of aromatic nitrogens is 2. The Kier molecular flexibility index (Phi) is 8.26. The van der Waals surface area contributed by atoms with E-state index in [1.165, 1.54) is 51.4 Å². The van der Waals surface area contributed by atoms with Crippen molar-refractivity contribution in [3.05, 3.63) is 50.8 Å². The molecular weight excluding hydrogens is 538 g/mol. The van der Waals surface area contributed by atoms with E-state index in [9.17, 15) is 14.4 Å². The van der Waals surface area contributed by atoms with Crippen molar-refractivity contribution in [3.63, 3.8) is 0 Å². The minimum atomic E-state index is -1.31. The van der Waals surface area contributed by atoms with Crippen LogP contribution >= 0.6 is 0 Å². The number of piperidine rings is 2. The Morgan fingerprint density at radius 3 is 2.31 bits per heavy atom. The predicted molar refractivity (Wildman–Crippen MR) is 155 cm³/mol. The van der Waals surface area contributed by atoms with Crippen LogP contribution in [0.3, 0.4) is 0 Å². The highest BCUT2D eigenvalue weighted by molar-refractivity contribution is 6.45. The number of azide groups is 1. The van der Waals surface area contributed by atoms with E-state index in [1.54, 1.807) is 16.7 Å². The van der Waals surface area contributed by atoms with E-state index in [0.717, 1.165) is 37.5 Å². The molecule has 3 heterocycles. The van der Waals surface area contributed by atoms with Crippen LogP contribution in [0.2, 0.25) is 0 Å². The third-order valence-corrected chi connectivity index (χ3v) is 9.85. The van der Waals surface area contributed by atoms with Crippen LogP contribution in [0.5, 0.6) is 0 Å². The highest BCUT2D eigenvalue weighted by Gasteiger charge is 2.45. The number of carboxylic acid groups (broad SMARTS) is 1. The molecule has 4 bridgehead atoms. The fraction of sp³-hybridized carbons (Fsp3) is 0.633. The van der Waals surface area contributed by atoms with Gasteiger partial charge in [-0.15, -0.1) is 0 Å². The quantitative estimate of drug-likeness (QED) is 0.160. The van der Waals surface area contributed by atoms with Gasteiger partial charge in [0.05, 0.1) is 11.0 Å². The van der Waals surface area contributed by atoms with Gasteiger partial charge in [-0.05, 0) is 79.6 Å². The fourth-order valence-corrected chi connectivity index (χ4v) is 8.40. The number of hydrogen-bond donors (Lipinski definition) is 1. The first-order valence-electron chi connectivity index (χ1n) is 15.2. The van der Waals surface area contributed by atoms with Gasteiger partial charge in [-0.1, -0.05) is 49.4 Å². The molecule has 2 saturated heterocycles. The number of amides is 1. The van der Waals surface area contributed by atoms with Crippen molar-refractivity contribution in [1.82, 2.24) is 14.5 Å². The number of nitrogens with zero attached hydrogens (tertiary/aromatic N) is 7. The lowest BCUT2D eigenvalue weighted by Gasteiger charge is -2.54. The molecule has 1 N–H and O–H groups in total. The van der Waals surface area contributed by atoms with E-state index in [4.69, 9.17) is 15.5 Å². The van der Waals surface area contributed by atoms with E-state index in [-0.39, 0.29) is 11.7 Å². The van der Waals surface area contributed by atoms with Crippen LogP contribution in [0, 0.1) is 11.8 Å². The maximum Gasteiger partial charge on any atom is 0.344 e. The Balaban J connectivity index is 1.37. The number of carboxylic acids is 1. The van der Waals surface area contributed by atoms with Crippen molar-refractivity contribution in [1.29, 1.82) is 0 Å². The number of oxime groups is 1. The molecule has 2 aromatic rings. The predicted octanol–water partition coefficient (Wildman–Crippen LogP) is 4.96. The lowest BCUT2D eigenvalue weighted by Crippen LogP contribution is -2.58. The summed E-state index contributed by atoms with van der Waals surface area (Å²) in [6, 6.07) is 8.51. The molecule has 1 aromatic heterocycles. The molecule has 4 aliphatic rings. The largest absolute Gasteiger partial charge is 0.479 e. The zero-order valence-electron chi connectivity index (χ0n) is 23.7. The van der Waals surface area contributed by atoms with E-state index in [2.05, 4.69) is 25.1 Å². The molecule has 2 saturated carbocycles. The van der Waals surface area contributed by atoms with Gasteiger partial charge in [-0.3, -0.25) is 14.5 Å². The maximum atomic E-state index is 14.2. The molecule has 222 valence electrons. The zero-order valence-corrected chi connectivity index (χ0v) is 23.7. The average Bonchev–Trinajstić information content (AvgIpc) is 3.13. The van der Waals surface area contributed by atoms with E-state index >= 15 is 0 Å². The summed E-state index contributed by atoms with van der Waals surface area (Å²) in [4.78, 5) is 52.4. The van der Waals surface area contributed by atoms with Gasteiger partial charge in [-0.25, -0.2) is 9.78 Å². The summed E-state index contributed by atoms with van der Waals surface area (Å²) in [5.74, 6) is -0.814. The average molecular weight is 576 g/mol. The van der Waals surface area contributed by atoms with Gasteiger partial charge >= 0.3 is 5.97 Å². The van der Waals surface area contributed by atoms with Gasteiger partial charge < -0.3 is 14.5 Å². The van der Waals surface area contributed by atoms with E-state index < -0.39 is 29.8 Å². The Morgan fingerprint density at radius 2 is 1.64 bits per heavy atom. The number of carbonyl (C=O) groups is 2. The topological polar surface area (TPSA) is 163 Å². The number of para-hydroxylation sites is 2. The van der Waals surface area contributed by atoms with Crippen LogP contribution in [0.25, 0.3) is 21.5 Å². The molecule has 5 atom stereocenters. The molecule has 12 heteroatoms. The molecule has 2 aliphatic heterocycles. The van der Waals surface area contributed by atoms with Gasteiger partial charge in [-0.2, -0.15) is 0 Å². The zero-order chi connectivity index (χ0) is 29.2. The SMILES string of the molecule is [N-]=[N+]=NC(=O)C(=NOCC(=O)O)c1nc2ccccc2n(C2C[C@H]3CCC[C@@H](C2)N3C2CC3CCCCC(C3)C2)c1=O. The summed E-state index contributed by atoms with van der Waals surface area (Å²) in [6.45, 7) is -0.834. The minimum Gasteiger partial charge on any atom is -0.479 e. The van der Waals surface area contributed by atoms with Crippen molar-refractivity contribution < 1.29 is 19.5 Å². The first kappa shape index (κ1) is 28.4. The van der Waals surface area contributed by atoms with Crippen molar-refractivity contribution in [3.8, 4) is 0 Å². The number of fused-ring (bicyclic) bond motifs is 5. The lowest BCUT2D eigenvalue weighted by molar-refractivity contribution is -0.142. The number of aliphatic carboxylic acids is 1. The Morgan fingerprint density at radius 1 is 0.952 bits per heavy atom. The third kappa shape index (κ3) is 5.65. The number of benzene rings is 1. The monoisotopic (exact) mass is 575 g/mol. The molecule has 3 unspecified atom stereocenters. The second-order valence-electron chi connectivity index (χ2n) is 12.4. The Labute approximate surface area is 243 Å². The van der Waals surface area contributed by atoms with Crippen molar-refractivity contribution in [2.24, 2.45) is 22.1 Å². The Hall–Kier alpha value is -3.76. The first-order chi connectivity index (χ1) is 20.4. The summed E-state index contributed by atoms with van der Waals surface area (Å²) in [7, 11) is 0. The highest BCUT2D eigenvalue weighted by Crippen LogP contribution is 2.47. The third-order valence-electron chi connectivity index (χ3n) is 9.85. The fourth-order valence-electron chi connectivity index (χ4n) is 8.40. The van der Waals surface area contributed by atoms with Crippen LogP contribution in [0.1, 0.15) is 88.8 Å². The van der Waals surface area contributed by atoms with Gasteiger partial charge in [0.15, 0.2) is 11.4 Å². The molecule has 6 rings (SSSR count). The van der Waals surface area contributed by atoms with Crippen molar-refractivity contribution in [2.45, 2.75) is 101 Å². The van der Waals surface area contributed by atoms with Crippen LogP contribution in [-0.4, -0.2) is 61.9 Å². The molecule has 0 spiro atoms. The molecule has 42 heavy (non-hydrogen) atoms. The number of rotatable bonds is 7. The normalized spacial score (nSPS) is 29.8. The van der Waals surface area contributed by atoms with Gasteiger partial charge in [0.25, 0.3) is 11.5 Å². The number of hydrogen-bond acceptors (Lipinski definition) is 7. The van der Waals surface area contributed by atoms with Crippen LogP contribution in [-0.2, 0) is 14.4 Å². The summed E-state index contributed by atoms with van der Waals surface area (Å²) in [5.41, 5.74) is 8.56. The number of carbonyl (C=O) groups excluding carboxylic acids is 1. The molecule has 4 fully saturated rings. The molecule has 1 aromatic carbocycles. The second-order valence-corrected chi connectivity index (χ2v) is 12.4. The summed E-state index contributed by atoms with van der Waals surface area (Å²) >= 11 is 0. The standard InChI is InChI=1S/C30H37N7O5/c31-35-33-29(40)27(34-42-17-26(38)39)28-30(41)37(25-11-4-3-10-24(25)32-28)23-15-20-8-5-9-21(16-23)36(20)22-13-18-6-1-2-7-19(12-18)14-22/h3-4,10-11,18-23H,1-2,5-9,12-17H2,(H,38,39)/t18?,19?,20-,21+,22?,23?. The summed E-state index contributed by atoms with van der Waals surface area (Å²) < 4.78 is 1.73.